The average molecular weight is 318 g/mol. The largest absolute Gasteiger partial charge is 0.375 e. The Morgan fingerprint density at radius 3 is 2.87 bits per heavy atom. The summed E-state index contributed by atoms with van der Waals surface area (Å²) in [6, 6.07) is 2.28. The summed E-state index contributed by atoms with van der Waals surface area (Å²) < 4.78 is 7.45. The lowest BCUT2D eigenvalue weighted by molar-refractivity contribution is -0.143. The topological polar surface area (TPSA) is 71.2 Å². The highest BCUT2D eigenvalue weighted by Gasteiger charge is 2.27. The Bertz CT molecular complexity index is 602. The average Bonchev–Trinajstić information content (AvgIpc) is 2.79. The van der Waals surface area contributed by atoms with Crippen LogP contribution >= 0.6 is 0 Å². The summed E-state index contributed by atoms with van der Waals surface area (Å²) in [4.78, 5) is 14.5. The van der Waals surface area contributed by atoms with E-state index in [1.54, 1.807) is 0 Å². The number of rotatable bonds is 5. The van der Waals surface area contributed by atoms with Crippen molar-refractivity contribution in [3.05, 3.63) is 17.0 Å². The van der Waals surface area contributed by atoms with Gasteiger partial charge in [-0.05, 0) is 39.7 Å². The first-order valence-corrected chi connectivity index (χ1v) is 8.25. The molecule has 2 rings (SSSR count). The molecule has 2 atom stereocenters. The van der Waals surface area contributed by atoms with Crippen LogP contribution in [0.1, 0.15) is 43.6 Å². The summed E-state index contributed by atoms with van der Waals surface area (Å²) in [5.74, 6) is 0.177. The van der Waals surface area contributed by atoms with E-state index in [-0.39, 0.29) is 18.1 Å². The lowest BCUT2D eigenvalue weighted by atomic mass is 10.1. The molecule has 23 heavy (non-hydrogen) atoms. The van der Waals surface area contributed by atoms with E-state index in [1.165, 1.54) is 0 Å². The third kappa shape index (κ3) is 4.11. The van der Waals surface area contributed by atoms with Crippen molar-refractivity contribution < 1.29 is 9.53 Å². The van der Waals surface area contributed by atoms with Crippen molar-refractivity contribution in [3.8, 4) is 6.07 Å². The van der Waals surface area contributed by atoms with Gasteiger partial charge in [0.25, 0.3) is 0 Å². The molecule has 0 spiro atoms. The van der Waals surface area contributed by atoms with Crippen LogP contribution in [0.15, 0.2) is 0 Å². The van der Waals surface area contributed by atoms with Gasteiger partial charge < -0.3 is 9.64 Å². The van der Waals surface area contributed by atoms with E-state index in [1.807, 2.05) is 37.3 Å². The first-order chi connectivity index (χ1) is 10.9. The Morgan fingerprint density at radius 1 is 1.43 bits per heavy atom. The molecule has 1 aliphatic rings. The number of hydrogen-bond acceptors (Lipinski definition) is 4. The van der Waals surface area contributed by atoms with Crippen LogP contribution in [0.2, 0.25) is 0 Å². The smallest absolute Gasteiger partial charge is 0.223 e. The van der Waals surface area contributed by atoms with Crippen LogP contribution in [0, 0.1) is 25.2 Å². The maximum Gasteiger partial charge on any atom is 0.223 e. The molecule has 2 heterocycles. The van der Waals surface area contributed by atoms with E-state index in [0.717, 1.165) is 17.0 Å². The summed E-state index contributed by atoms with van der Waals surface area (Å²) in [7, 11) is 0. The van der Waals surface area contributed by atoms with Crippen LogP contribution in [-0.4, -0.2) is 45.9 Å². The zero-order valence-corrected chi connectivity index (χ0v) is 14.5. The number of carbonyl (C=O) groups is 1. The second kappa shape index (κ2) is 7.60. The molecule has 1 fully saturated rings. The van der Waals surface area contributed by atoms with E-state index < -0.39 is 0 Å². The van der Waals surface area contributed by atoms with Crippen molar-refractivity contribution in [2.45, 2.75) is 65.6 Å². The summed E-state index contributed by atoms with van der Waals surface area (Å²) in [6.07, 6.45) is 1.74. The van der Waals surface area contributed by atoms with Crippen LogP contribution < -0.4 is 0 Å². The van der Waals surface area contributed by atoms with Crippen LogP contribution in [0.4, 0.5) is 0 Å². The Labute approximate surface area is 138 Å². The standard InChI is InChI=1S/C17H26N4O2/c1-12-11-23-13(2)10-20(12)17(22)7-6-16-14(3)19-21(15(16)4)9-5-8-18/h12-13H,5-7,9-11H2,1-4H3/t12-,13-/m1/s1. The maximum absolute atomic E-state index is 12.5. The van der Waals surface area contributed by atoms with Gasteiger partial charge in [-0.15, -0.1) is 0 Å². The quantitative estimate of drug-likeness (QED) is 0.832. The van der Waals surface area contributed by atoms with Gasteiger partial charge in [-0.2, -0.15) is 10.4 Å². The fourth-order valence-corrected chi connectivity index (χ4v) is 3.10. The van der Waals surface area contributed by atoms with E-state index in [4.69, 9.17) is 10.00 Å². The Morgan fingerprint density at radius 2 is 2.17 bits per heavy atom. The van der Waals surface area contributed by atoms with Crippen molar-refractivity contribution >= 4 is 5.91 Å². The lowest BCUT2D eigenvalue weighted by Crippen LogP contribution is -2.50. The van der Waals surface area contributed by atoms with Crippen molar-refractivity contribution in [1.29, 1.82) is 5.26 Å². The van der Waals surface area contributed by atoms with Gasteiger partial charge in [0, 0.05) is 18.7 Å². The van der Waals surface area contributed by atoms with Gasteiger partial charge in [-0.25, -0.2) is 0 Å². The molecular formula is C17H26N4O2. The number of ether oxygens (including phenoxy) is 1. The fourth-order valence-electron chi connectivity index (χ4n) is 3.10. The highest BCUT2D eigenvalue weighted by Crippen LogP contribution is 2.18. The second-order valence-electron chi connectivity index (χ2n) is 6.32. The third-order valence-electron chi connectivity index (χ3n) is 4.48. The molecule has 6 heteroatoms. The van der Waals surface area contributed by atoms with Crippen molar-refractivity contribution in [3.63, 3.8) is 0 Å². The number of nitriles is 1. The first-order valence-electron chi connectivity index (χ1n) is 8.25. The van der Waals surface area contributed by atoms with Crippen LogP contribution in [0.25, 0.3) is 0 Å². The number of nitrogens with zero attached hydrogens (tertiary/aromatic N) is 4. The second-order valence-corrected chi connectivity index (χ2v) is 6.32. The van der Waals surface area contributed by atoms with Gasteiger partial charge in [0.05, 0.1) is 43.5 Å². The zero-order chi connectivity index (χ0) is 17.0. The van der Waals surface area contributed by atoms with Crippen molar-refractivity contribution in [2.24, 2.45) is 0 Å². The number of hydrogen-bond donors (Lipinski definition) is 0. The minimum absolute atomic E-state index is 0.104. The summed E-state index contributed by atoms with van der Waals surface area (Å²) in [5, 5.41) is 13.2. The molecule has 1 aromatic rings. The molecule has 0 aromatic carbocycles. The van der Waals surface area contributed by atoms with Crippen molar-refractivity contribution in [2.75, 3.05) is 13.2 Å². The monoisotopic (exact) mass is 318 g/mol. The van der Waals surface area contributed by atoms with E-state index in [2.05, 4.69) is 11.2 Å². The van der Waals surface area contributed by atoms with Crippen LogP contribution in [0.3, 0.4) is 0 Å². The minimum Gasteiger partial charge on any atom is -0.375 e. The molecule has 1 aromatic heterocycles. The van der Waals surface area contributed by atoms with Gasteiger partial charge in [0.15, 0.2) is 0 Å². The normalized spacial score (nSPS) is 21.3. The highest BCUT2D eigenvalue weighted by molar-refractivity contribution is 5.77. The molecule has 0 bridgehead atoms. The van der Waals surface area contributed by atoms with Crippen LogP contribution in [0.5, 0.6) is 0 Å². The maximum atomic E-state index is 12.5. The van der Waals surface area contributed by atoms with Crippen molar-refractivity contribution in [1.82, 2.24) is 14.7 Å². The lowest BCUT2D eigenvalue weighted by Gasteiger charge is -2.37. The summed E-state index contributed by atoms with van der Waals surface area (Å²) in [5.41, 5.74) is 3.15. The van der Waals surface area contributed by atoms with Crippen LogP contribution in [-0.2, 0) is 22.5 Å². The minimum atomic E-state index is 0.104. The molecule has 126 valence electrons. The van der Waals surface area contributed by atoms with Gasteiger partial charge in [0.2, 0.25) is 5.91 Å². The van der Waals surface area contributed by atoms with Gasteiger partial charge in [0.1, 0.15) is 0 Å². The number of carbonyl (C=O) groups excluding carboxylic acids is 1. The number of aryl methyl sites for hydroxylation is 2. The molecule has 0 aliphatic carbocycles. The molecule has 6 nitrogen and oxygen atoms in total. The fraction of sp³-hybridized carbons (Fsp3) is 0.706. The number of morpholine rings is 1. The number of amides is 1. The Balaban J connectivity index is 1.99. The van der Waals surface area contributed by atoms with Gasteiger partial charge >= 0.3 is 0 Å². The summed E-state index contributed by atoms with van der Waals surface area (Å²) >= 11 is 0. The molecule has 1 aliphatic heterocycles. The first kappa shape index (κ1) is 17.5. The number of aromatic nitrogens is 2. The highest BCUT2D eigenvalue weighted by atomic mass is 16.5. The van der Waals surface area contributed by atoms with Gasteiger partial charge in [-0.3, -0.25) is 9.48 Å². The molecule has 0 unspecified atom stereocenters. The molecule has 1 saturated heterocycles. The zero-order valence-electron chi connectivity index (χ0n) is 14.5. The predicted octanol–water partition coefficient (Wildman–Crippen LogP) is 1.98. The predicted molar refractivity (Wildman–Crippen MR) is 86.8 cm³/mol. The Kier molecular flexibility index (Phi) is 5.78. The molecule has 0 saturated carbocycles. The molecular weight excluding hydrogens is 292 g/mol. The van der Waals surface area contributed by atoms with E-state index >= 15 is 0 Å². The van der Waals surface area contributed by atoms with E-state index in [0.29, 0.717) is 39.0 Å². The molecule has 0 N–H and O–H groups in total. The third-order valence-corrected chi connectivity index (χ3v) is 4.48. The SMILES string of the molecule is Cc1nn(CCC#N)c(C)c1CCC(=O)N1C[C@@H](C)OC[C@H]1C. The Hall–Kier alpha value is -1.87. The van der Waals surface area contributed by atoms with E-state index in [9.17, 15) is 4.79 Å². The summed E-state index contributed by atoms with van der Waals surface area (Å²) in [6.45, 7) is 9.89. The van der Waals surface area contributed by atoms with Gasteiger partial charge in [-0.1, -0.05) is 0 Å². The molecule has 0 radical (unpaired) electrons. The molecule has 1 amide bonds.